The second-order valence-electron chi connectivity index (χ2n) is 4.44. The summed E-state index contributed by atoms with van der Waals surface area (Å²) >= 11 is 0. The van der Waals surface area contributed by atoms with Crippen LogP contribution in [0.2, 0.25) is 0 Å². The molecule has 0 spiro atoms. The SMILES string of the molecule is N#Cc1ccc(CNCc2c(F)cc(C#N)cc2F)cc1. The summed E-state index contributed by atoms with van der Waals surface area (Å²) in [6.07, 6.45) is 0. The molecule has 2 aromatic rings. The molecule has 0 saturated heterocycles. The molecule has 21 heavy (non-hydrogen) atoms. The van der Waals surface area contributed by atoms with E-state index in [0.29, 0.717) is 12.1 Å². The molecular formula is C16H11F2N3. The van der Waals surface area contributed by atoms with Crippen molar-refractivity contribution in [2.24, 2.45) is 0 Å². The molecule has 0 radical (unpaired) electrons. The molecule has 3 nitrogen and oxygen atoms in total. The second-order valence-corrected chi connectivity index (χ2v) is 4.44. The van der Waals surface area contributed by atoms with Crippen LogP contribution in [0.1, 0.15) is 22.3 Å². The Balaban J connectivity index is 2.00. The molecule has 0 heterocycles. The Hall–Kier alpha value is -2.76. The summed E-state index contributed by atoms with van der Waals surface area (Å²) < 4.78 is 27.3. The fourth-order valence-corrected chi connectivity index (χ4v) is 1.87. The lowest BCUT2D eigenvalue weighted by atomic mass is 10.1. The molecule has 0 aromatic heterocycles. The van der Waals surface area contributed by atoms with Gasteiger partial charge in [0.1, 0.15) is 11.6 Å². The Morgan fingerprint density at radius 2 is 1.43 bits per heavy atom. The summed E-state index contributed by atoms with van der Waals surface area (Å²) in [5.74, 6) is -1.47. The number of nitrogens with zero attached hydrogens (tertiary/aromatic N) is 2. The topological polar surface area (TPSA) is 59.6 Å². The Bertz CT molecular complexity index is 702. The first kappa shape index (κ1) is 14.6. The van der Waals surface area contributed by atoms with Gasteiger partial charge in [0.2, 0.25) is 0 Å². The highest BCUT2D eigenvalue weighted by molar-refractivity contribution is 5.34. The third-order valence-electron chi connectivity index (χ3n) is 2.98. The van der Waals surface area contributed by atoms with E-state index in [2.05, 4.69) is 5.32 Å². The lowest BCUT2D eigenvalue weighted by molar-refractivity contribution is 0.535. The van der Waals surface area contributed by atoms with Crippen LogP contribution < -0.4 is 5.32 Å². The molecule has 2 rings (SSSR count). The lowest BCUT2D eigenvalue weighted by Gasteiger charge is -2.08. The second kappa shape index (κ2) is 6.60. The minimum absolute atomic E-state index is 0.0172. The Morgan fingerprint density at radius 3 is 1.95 bits per heavy atom. The van der Waals surface area contributed by atoms with Gasteiger partial charge in [0, 0.05) is 18.7 Å². The van der Waals surface area contributed by atoms with Crippen LogP contribution in [0.3, 0.4) is 0 Å². The predicted molar refractivity (Wildman–Crippen MR) is 72.8 cm³/mol. The molecule has 5 heteroatoms. The van der Waals surface area contributed by atoms with Crippen LogP contribution in [0.5, 0.6) is 0 Å². The van der Waals surface area contributed by atoms with E-state index in [4.69, 9.17) is 10.5 Å². The first-order valence-corrected chi connectivity index (χ1v) is 6.22. The van der Waals surface area contributed by atoms with Crippen LogP contribution in [-0.2, 0) is 13.1 Å². The van der Waals surface area contributed by atoms with Gasteiger partial charge in [-0.15, -0.1) is 0 Å². The molecule has 0 aliphatic rings. The molecule has 0 aliphatic heterocycles. The van der Waals surface area contributed by atoms with E-state index in [1.807, 2.05) is 6.07 Å². The highest BCUT2D eigenvalue weighted by atomic mass is 19.1. The van der Waals surface area contributed by atoms with Crippen LogP contribution >= 0.6 is 0 Å². The fourth-order valence-electron chi connectivity index (χ4n) is 1.87. The molecule has 0 amide bonds. The molecule has 0 fully saturated rings. The summed E-state index contributed by atoms with van der Waals surface area (Å²) in [5, 5.41) is 20.2. The standard InChI is InChI=1S/C16H11F2N3/c17-15-5-13(8-20)6-16(18)14(15)10-21-9-12-3-1-11(7-19)2-4-12/h1-6,21H,9-10H2. The molecule has 0 unspecified atom stereocenters. The maximum atomic E-state index is 13.7. The number of halogens is 2. The minimum atomic E-state index is -0.737. The summed E-state index contributed by atoms with van der Waals surface area (Å²) in [6.45, 7) is 0.438. The quantitative estimate of drug-likeness (QED) is 0.938. The Kier molecular flexibility index (Phi) is 4.61. The van der Waals surface area contributed by atoms with Gasteiger partial charge in [0.05, 0.1) is 23.3 Å². The van der Waals surface area contributed by atoms with Crippen LogP contribution in [0.4, 0.5) is 8.78 Å². The van der Waals surface area contributed by atoms with Crippen molar-refractivity contribution in [2.75, 3.05) is 0 Å². The molecule has 104 valence electrons. The summed E-state index contributed by atoms with van der Waals surface area (Å²) in [5.41, 5.74) is 1.33. The average molecular weight is 283 g/mol. The van der Waals surface area contributed by atoms with Crippen molar-refractivity contribution in [3.05, 3.63) is 70.3 Å². The van der Waals surface area contributed by atoms with Gasteiger partial charge in [-0.1, -0.05) is 12.1 Å². The average Bonchev–Trinajstić information content (AvgIpc) is 2.50. The first-order chi connectivity index (χ1) is 10.1. The molecule has 0 bridgehead atoms. The number of benzene rings is 2. The van der Waals surface area contributed by atoms with Crippen molar-refractivity contribution < 1.29 is 8.78 Å². The Labute approximate surface area is 121 Å². The van der Waals surface area contributed by atoms with Crippen molar-refractivity contribution in [3.63, 3.8) is 0 Å². The molecule has 0 atom stereocenters. The molecule has 0 aliphatic carbocycles. The summed E-state index contributed by atoms with van der Waals surface area (Å²) in [6, 6.07) is 12.7. The van der Waals surface area contributed by atoms with Crippen molar-refractivity contribution >= 4 is 0 Å². The smallest absolute Gasteiger partial charge is 0.131 e. The maximum absolute atomic E-state index is 13.7. The largest absolute Gasteiger partial charge is 0.308 e. The fraction of sp³-hybridized carbons (Fsp3) is 0.125. The van der Waals surface area contributed by atoms with Gasteiger partial charge in [-0.2, -0.15) is 10.5 Å². The predicted octanol–water partition coefficient (Wildman–Crippen LogP) is 3.00. The van der Waals surface area contributed by atoms with Crippen molar-refractivity contribution in [3.8, 4) is 12.1 Å². The highest BCUT2D eigenvalue weighted by Gasteiger charge is 2.10. The zero-order valence-corrected chi connectivity index (χ0v) is 11.0. The maximum Gasteiger partial charge on any atom is 0.131 e. The number of nitrogens with one attached hydrogen (secondary N) is 1. The van der Waals surface area contributed by atoms with Crippen molar-refractivity contribution in [2.45, 2.75) is 13.1 Å². The summed E-state index contributed by atoms with van der Waals surface area (Å²) in [7, 11) is 0. The van der Waals surface area contributed by atoms with E-state index < -0.39 is 11.6 Å². The van der Waals surface area contributed by atoms with Gasteiger partial charge in [-0.3, -0.25) is 0 Å². The zero-order valence-electron chi connectivity index (χ0n) is 11.0. The van der Waals surface area contributed by atoms with Gasteiger partial charge in [-0.05, 0) is 29.8 Å². The Morgan fingerprint density at radius 1 is 0.857 bits per heavy atom. The third kappa shape index (κ3) is 3.62. The monoisotopic (exact) mass is 283 g/mol. The number of nitriles is 2. The van der Waals surface area contributed by atoms with Crippen LogP contribution in [0.25, 0.3) is 0 Å². The van der Waals surface area contributed by atoms with E-state index >= 15 is 0 Å². The van der Waals surface area contributed by atoms with Gasteiger partial charge in [0.25, 0.3) is 0 Å². The van der Waals surface area contributed by atoms with Crippen molar-refractivity contribution in [1.82, 2.24) is 5.32 Å². The van der Waals surface area contributed by atoms with E-state index in [1.165, 1.54) is 0 Å². The highest BCUT2D eigenvalue weighted by Crippen LogP contribution is 2.15. The van der Waals surface area contributed by atoms with E-state index in [-0.39, 0.29) is 17.7 Å². The van der Waals surface area contributed by atoms with Crippen LogP contribution in [0, 0.1) is 34.3 Å². The molecule has 0 saturated carbocycles. The van der Waals surface area contributed by atoms with E-state index in [0.717, 1.165) is 17.7 Å². The van der Waals surface area contributed by atoms with Gasteiger partial charge >= 0.3 is 0 Å². The molecule has 1 N–H and O–H groups in total. The summed E-state index contributed by atoms with van der Waals surface area (Å²) in [4.78, 5) is 0. The lowest BCUT2D eigenvalue weighted by Crippen LogP contribution is -2.15. The van der Waals surface area contributed by atoms with E-state index in [9.17, 15) is 8.78 Å². The number of hydrogen-bond donors (Lipinski definition) is 1. The normalized spacial score (nSPS) is 9.90. The van der Waals surface area contributed by atoms with Gasteiger partial charge in [-0.25, -0.2) is 8.78 Å². The van der Waals surface area contributed by atoms with E-state index in [1.54, 1.807) is 30.3 Å². The zero-order chi connectivity index (χ0) is 15.2. The van der Waals surface area contributed by atoms with Crippen molar-refractivity contribution in [1.29, 1.82) is 10.5 Å². The van der Waals surface area contributed by atoms with Gasteiger partial charge < -0.3 is 5.32 Å². The van der Waals surface area contributed by atoms with Gasteiger partial charge in [0.15, 0.2) is 0 Å². The molecule has 2 aromatic carbocycles. The number of hydrogen-bond acceptors (Lipinski definition) is 3. The number of rotatable bonds is 4. The minimum Gasteiger partial charge on any atom is -0.308 e. The molecular weight excluding hydrogens is 272 g/mol. The first-order valence-electron chi connectivity index (χ1n) is 6.22. The van der Waals surface area contributed by atoms with Crippen LogP contribution in [-0.4, -0.2) is 0 Å². The third-order valence-corrected chi connectivity index (χ3v) is 2.98. The van der Waals surface area contributed by atoms with Crippen LogP contribution in [0.15, 0.2) is 36.4 Å².